The third-order valence-electron chi connectivity index (χ3n) is 3.70. The molecule has 0 saturated heterocycles. The molecule has 2 aromatic carbocycles. The zero-order valence-electron chi connectivity index (χ0n) is 13.9. The highest BCUT2D eigenvalue weighted by atomic mass is 19.1. The van der Waals surface area contributed by atoms with Crippen LogP contribution in [0, 0.1) is 11.6 Å². The van der Waals surface area contributed by atoms with Crippen molar-refractivity contribution in [2.24, 2.45) is 0 Å². The maximum Gasteiger partial charge on any atom is 0.258 e. The second kappa shape index (κ2) is 7.40. The number of carbonyl (C=O) groups is 1. The third-order valence-corrected chi connectivity index (χ3v) is 3.70. The second-order valence-corrected chi connectivity index (χ2v) is 5.87. The number of likely N-dealkylation sites (N-methyl/N-ethyl adjacent to an activating group) is 1. The lowest BCUT2D eigenvalue weighted by atomic mass is 10.2. The number of fused-ring (bicyclic) bond motifs is 1. The minimum Gasteiger partial charge on any atom is -0.322 e. The van der Waals surface area contributed by atoms with Gasteiger partial charge in [0.2, 0.25) is 5.91 Å². The lowest BCUT2D eigenvalue weighted by Gasteiger charge is -2.16. The van der Waals surface area contributed by atoms with E-state index in [-0.39, 0.29) is 24.3 Å². The maximum absolute atomic E-state index is 13.6. The predicted molar refractivity (Wildman–Crippen MR) is 93.7 cm³/mol. The first-order chi connectivity index (χ1) is 12.4. The van der Waals surface area contributed by atoms with E-state index in [2.05, 4.69) is 15.3 Å². The number of aromatic amines is 1. The molecule has 6 nitrogen and oxygen atoms in total. The predicted octanol–water partition coefficient (Wildman–Crippen LogP) is 2.27. The summed E-state index contributed by atoms with van der Waals surface area (Å²) in [6.45, 7) is 0.159. The van der Waals surface area contributed by atoms with E-state index in [1.807, 2.05) is 0 Å². The normalized spacial score (nSPS) is 11.1. The Bertz CT molecular complexity index is 1020. The van der Waals surface area contributed by atoms with Gasteiger partial charge in [-0.15, -0.1) is 0 Å². The number of rotatable bonds is 5. The van der Waals surface area contributed by atoms with Crippen molar-refractivity contribution in [2.45, 2.75) is 6.54 Å². The smallest absolute Gasteiger partial charge is 0.258 e. The minimum absolute atomic E-state index is 0.0621. The fourth-order valence-electron chi connectivity index (χ4n) is 2.55. The van der Waals surface area contributed by atoms with Gasteiger partial charge < -0.3 is 10.3 Å². The average molecular weight is 358 g/mol. The molecule has 0 aliphatic rings. The van der Waals surface area contributed by atoms with Gasteiger partial charge in [-0.25, -0.2) is 13.8 Å². The standard InChI is InChI=1S/C18H16F2N4O2/c1-24(10-17(25)22-15-7-6-11(19)8-13(15)20)9-16-21-14-5-3-2-4-12(14)18(26)23-16/h2-8H,9-10H2,1H3,(H,22,25)(H,21,23,26). The Kier molecular flexibility index (Phi) is 5.04. The van der Waals surface area contributed by atoms with Gasteiger partial charge in [-0.2, -0.15) is 0 Å². The third kappa shape index (κ3) is 4.09. The van der Waals surface area contributed by atoms with Gasteiger partial charge in [-0.05, 0) is 31.3 Å². The topological polar surface area (TPSA) is 78.1 Å². The van der Waals surface area contributed by atoms with Gasteiger partial charge in [-0.1, -0.05) is 12.1 Å². The van der Waals surface area contributed by atoms with E-state index in [1.165, 1.54) is 0 Å². The highest BCUT2D eigenvalue weighted by Gasteiger charge is 2.12. The van der Waals surface area contributed by atoms with Crippen LogP contribution in [0.25, 0.3) is 10.9 Å². The molecule has 3 rings (SSSR count). The van der Waals surface area contributed by atoms with Crippen molar-refractivity contribution < 1.29 is 13.6 Å². The molecule has 0 spiro atoms. The van der Waals surface area contributed by atoms with Crippen LogP contribution in [0.2, 0.25) is 0 Å². The van der Waals surface area contributed by atoms with Gasteiger partial charge in [0, 0.05) is 6.07 Å². The average Bonchev–Trinajstić information content (AvgIpc) is 2.57. The molecular formula is C18H16F2N4O2. The van der Waals surface area contributed by atoms with Gasteiger partial charge in [0.05, 0.1) is 29.7 Å². The Hall–Kier alpha value is -3.13. The number of halogens is 2. The van der Waals surface area contributed by atoms with Crippen molar-refractivity contribution >= 4 is 22.5 Å². The molecule has 0 radical (unpaired) electrons. The van der Waals surface area contributed by atoms with Crippen molar-refractivity contribution in [1.29, 1.82) is 0 Å². The van der Waals surface area contributed by atoms with E-state index in [0.717, 1.165) is 12.1 Å². The number of para-hydroxylation sites is 1. The summed E-state index contributed by atoms with van der Waals surface area (Å²) < 4.78 is 26.5. The van der Waals surface area contributed by atoms with Crippen LogP contribution in [-0.4, -0.2) is 34.4 Å². The van der Waals surface area contributed by atoms with E-state index in [9.17, 15) is 18.4 Å². The van der Waals surface area contributed by atoms with Crippen LogP contribution >= 0.6 is 0 Å². The molecule has 8 heteroatoms. The van der Waals surface area contributed by atoms with Gasteiger partial charge in [-0.3, -0.25) is 14.5 Å². The Morgan fingerprint density at radius 3 is 2.77 bits per heavy atom. The lowest BCUT2D eigenvalue weighted by Crippen LogP contribution is -2.31. The van der Waals surface area contributed by atoms with E-state index in [0.29, 0.717) is 22.8 Å². The Balaban J connectivity index is 1.66. The molecule has 2 N–H and O–H groups in total. The summed E-state index contributed by atoms with van der Waals surface area (Å²) in [7, 11) is 1.66. The molecule has 1 amide bonds. The first-order valence-corrected chi connectivity index (χ1v) is 7.84. The molecule has 0 aliphatic heterocycles. The van der Waals surface area contributed by atoms with E-state index >= 15 is 0 Å². The number of nitrogens with zero attached hydrogens (tertiary/aromatic N) is 2. The fourth-order valence-corrected chi connectivity index (χ4v) is 2.55. The van der Waals surface area contributed by atoms with Gasteiger partial charge in [0.1, 0.15) is 17.5 Å². The zero-order chi connectivity index (χ0) is 18.7. The monoisotopic (exact) mass is 358 g/mol. The second-order valence-electron chi connectivity index (χ2n) is 5.87. The Labute approximate surface area is 147 Å². The summed E-state index contributed by atoms with van der Waals surface area (Å²) >= 11 is 0. The molecule has 0 bridgehead atoms. The minimum atomic E-state index is -0.846. The van der Waals surface area contributed by atoms with E-state index < -0.39 is 17.5 Å². The Morgan fingerprint density at radius 1 is 1.23 bits per heavy atom. The van der Waals surface area contributed by atoms with Crippen LogP contribution in [0.1, 0.15) is 5.82 Å². The molecule has 1 heterocycles. The first kappa shape index (κ1) is 17.7. The van der Waals surface area contributed by atoms with Crippen LogP contribution in [-0.2, 0) is 11.3 Å². The quantitative estimate of drug-likeness (QED) is 0.733. The van der Waals surface area contributed by atoms with Gasteiger partial charge in [0.25, 0.3) is 5.56 Å². The van der Waals surface area contributed by atoms with Crippen LogP contribution in [0.3, 0.4) is 0 Å². The van der Waals surface area contributed by atoms with Gasteiger partial charge >= 0.3 is 0 Å². The molecule has 3 aromatic rings. The summed E-state index contributed by atoms with van der Waals surface area (Å²) in [5, 5.41) is 2.87. The largest absolute Gasteiger partial charge is 0.322 e. The molecule has 1 aromatic heterocycles. The molecule has 0 atom stereocenters. The molecular weight excluding hydrogens is 342 g/mol. The van der Waals surface area contributed by atoms with Crippen molar-refractivity contribution in [1.82, 2.24) is 14.9 Å². The number of anilines is 1. The maximum atomic E-state index is 13.6. The number of benzene rings is 2. The first-order valence-electron chi connectivity index (χ1n) is 7.84. The summed E-state index contributed by atoms with van der Waals surface area (Å²) in [5.41, 5.74) is 0.219. The van der Waals surface area contributed by atoms with Crippen LogP contribution < -0.4 is 10.9 Å². The van der Waals surface area contributed by atoms with Crippen molar-refractivity contribution in [2.75, 3.05) is 18.9 Å². The summed E-state index contributed by atoms with van der Waals surface area (Å²) in [6.07, 6.45) is 0. The summed E-state index contributed by atoms with van der Waals surface area (Å²) in [5.74, 6) is -1.62. The number of carbonyl (C=O) groups excluding carboxylic acids is 1. The molecule has 134 valence electrons. The number of amides is 1. The van der Waals surface area contributed by atoms with Crippen molar-refractivity contribution in [3.05, 3.63) is 70.3 Å². The zero-order valence-corrected chi connectivity index (χ0v) is 13.9. The SMILES string of the molecule is CN(CC(=O)Nc1ccc(F)cc1F)Cc1nc2ccccc2c(=O)[nH]1. The number of H-pyrrole nitrogens is 1. The van der Waals surface area contributed by atoms with Crippen LogP contribution in [0.4, 0.5) is 14.5 Å². The van der Waals surface area contributed by atoms with Crippen molar-refractivity contribution in [3.8, 4) is 0 Å². The molecule has 0 fully saturated rings. The molecule has 0 saturated carbocycles. The van der Waals surface area contributed by atoms with Gasteiger partial charge in [0.15, 0.2) is 0 Å². The van der Waals surface area contributed by atoms with Crippen molar-refractivity contribution in [3.63, 3.8) is 0 Å². The summed E-state index contributed by atoms with van der Waals surface area (Å²) in [4.78, 5) is 32.7. The number of hydrogen-bond acceptors (Lipinski definition) is 4. The van der Waals surface area contributed by atoms with Crippen LogP contribution in [0.15, 0.2) is 47.3 Å². The highest BCUT2D eigenvalue weighted by Crippen LogP contribution is 2.15. The van der Waals surface area contributed by atoms with Crippen LogP contribution in [0.5, 0.6) is 0 Å². The molecule has 26 heavy (non-hydrogen) atoms. The fraction of sp³-hybridized carbons (Fsp3) is 0.167. The molecule has 0 unspecified atom stereocenters. The number of aromatic nitrogens is 2. The number of nitrogens with one attached hydrogen (secondary N) is 2. The number of hydrogen-bond donors (Lipinski definition) is 2. The van der Waals surface area contributed by atoms with E-state index in [4.69, 9.17) is 0 Å². The highest BCUT2D eigenvalue weighted by molar-refractivity contribution is 5.92. The summed E-state index contributed by atoms with van der Waals surface area (Å²) in [6, 6.07) is 9.87. The molecule has 0 aliphatic carbocycles. The lowest BCUT2D eigenvalue weighted by molar-refractivity contribution is -0.117. The Morgan fingerprint density at radius 2 is 2.00 bits per heavy atom. The van der Waals surface area contributed by atoms with E-state index in [1.54, 1.807) is 36.2 Å².